The number of rotatable bonds is 4. The molecule has 0 spiro atoms. The number of halogens is 1. The molecule has 4 nitrogen and oxygen atoms in total. The van der Waals surface area contributed by atoms with Crippen LogP contribution in [0, 0.1) is 12.7 Å². The zero-order valence-electron chi connectivity index (χ0n) is 14.6. The monoisotopic (exact) mass is 369 g/mol. The van der Waals surface area contributed by atoms with Crippen molar-refractivity contribution < 1.29 is 9.13 Å². The van der Waals surface area contributed by atoms with Gasteiger partial charge in [0, 0.05) is 36.3 Å². The molecule has 1 aromatic carbocycles. The van der Waals surface area contributed by atoms with Crippen LogP contribution in [0.5, 0.6) is 0 Å². The van der Waals surface area contributed by atoms with Gasteiger partial charge in [0.25, 0.3) is 0 Å². The number of thiazole rings is 1. The predicted molar refractivity (Wildman–Crippen MR) is 100 cm³/mol. The van der Waals surface area contributed by atoms with Gasteiger partial charge in [0.15, 0.2) is 0 Å². The molecule has 3 aromatic rings. The first-order chi connectivity index (χ1) is 12.7. The number of benzene rings is 1. The van der Waals surface area contributed by atoms with Gasteiger partial charge in [-0.2, -0.15) is 0 Å². The Morgan fingerprint density at radius 3 is 2.96 bits per heavy atom. The molecule has 0 bridgehead atoms. The van der Waals surface area contributed by atoms with Crippen LogP contribution >= 0.6 is 11.3 Å². The Morgan fingerprint density at radius 1 is 1.27 bits per heavy atom. The van der Waals surface area contributed by atoms with Gasteiger partial charge in [0.05, 0.1) is 23.0 Å². The second-order valence-electron chi connectivity index (χ2n) is 6.40. The van der Waals surface area contributed by atoms with Crippen LogP contribution in [0.3, 0.4) is 0 Å². The molecule has 134 valence electrons. The van der Waals surface area contributed by atoms with Crippen molar-refractivity contribution in [3.8, 4) is 11.3 Å². The summed E-state index contributed by atoms with van der Waals surface area (Å²) >= 11 is 1.73. The minimum absolute atomic E-state index is 0.0775. The number of pyridine rings is 1. The van der Waals surface area contributed by atoms with E-state index in [4.69, 9.17) is 9.72 Å². The SMILES string of the molecule is Cc1ncc(CN2CCOC(c3cccc(-c4cccc(F)c4)n3)C2)s1. The third-order valence-corrected chi connectivity index (χ3v) is 5.32. The van der Waals surface area contributed by atoms with Crippen molar-refractivity contribution in [3.63, 3.8) is 0 Å². The molecule has 1 saturated heterocycles. The number of ether oxygens (including phenoxy) is 1. The topological polar surface area (TPSA) is 38.2 Å². The van der Waals surface area contributed by atoms with Crippen LogP contribution in [0.4, 0.5) is 4.39 Å². The van der Waals surface area contributed by atoms with Crippen molar-refractivity contribution >= 4 is 11.3 Å². The average molecular weight is 369 g/mol. The van der Waals surface area contributed by atoms with E-state index in [1.165, 1.54) is 17.0 Å². The van der Waals surface area contributed by atoms with Gasteiger partial charge in [0.2, 0.25) is 0 Å². The van der Waals surface area contributed by atoms with Gasteiger partial charge in [-0.3, -0.25) is 9.88 Å². The Hall–Kier alpha value is -2.15. The maximum atomic E-state index is 13.5. The number of hydrogen-bond acceptors (Lipinski definition) is 5. The molecule has 2 aromatic heterocycles. The molecule has 6 heteroatoms. The van der Waals surface area contributed by atoms with Crippen molar-refractivity contribution in [1.82, 2.24) is 14.9 Å². The summed E-state index contributed by atoms with van der Waals surface area (Å²) in [6.45, 7) is 5.27. The van der Waals surface area contributed by atoms with Crippen molar-refractivity contribution in [1.29, 1.82) is 0 Å². The lowest BCUT2D eigenvalue weighted by molar-refractivity contribution is -0.0346. The molecular formula is C20H20FN3OS. The van der Waals surface area contributed by atoms with E-state index < -0.39 is 0 Å². The fourth-order valence-corrected chi connectivity index (χ4v) is 4.00. The molecule has 1 aliphatic heterocycles. The largest absolute Gasteiger partial charge is 0.369 e. The quantitative estimate of drug-likeness (QED) is 0.690. The number of aromatic nitrogens is 2. The normalized spacial score (nSPS) is 18.2. The Labute approximate surface area is 156 Å². The molecule has 26 heavy (non-hydrogen) atoms. The molecule has 0 aliphatic carbocycles. The predicted octanol–water partition coefficient (Wildman–Crippen LogP) is 4.23. The zero-order chi connectivity index (χ0) is 17.9. The van der Waals surface area contributed by atoms with E-state index in [1.807, 2.05) is 37.4 Å². The molecule has 4 rings (SSSR count). The Bertz CT molecular complexity index is 898. The second-order valence-corrected chi connectivity index (χ2v) is 7.72. The third-order valence-electron chi connectivity index (χ3n) is 4.42. The summed E-state index contributed by atoms with van der Waals surface area (Å²) < 4.78 is 19.5. The molecule has 0 radical (unpaired) electrons. The lowest BCUT2D eigenvalue weighted by Gasteiger charge is -2.32. The van der Waals surface area contributed by atoms with Gasteiger partial charge in [-0.05, 0) is 31.2 Å². The van der Waals surface area contributed by atoms with E-state index in [0.29, 0.717) is 6.61 Å². The third kappa shape index (κ3) is 3.98. The highest BCUT2D eigenvalue weighted by Gasteiger charge is 2.23. The second kappa shape index (κ2) is 7.61. The van der Waals surface area contributed by atoms with E-state index >= 15 is 0 Å². The smallest absolute Gasteiger partial charge is 0.123 e. The summed E-state index contributed by atoms with van der Waals surface area (Å²) in [6.07, 6.45) is 1.87. The summed E-state index contributed by atoms with van der Waals surface area (Å²) in [5.41, 5.74) is 2.43. The lowest BCUT2D eigenvalue weighted by atomic mass is 10.1. The minimum atomic E-state index is -0.255. The summed E-state index contributed by atoms with van der Waals surface area (Å²) in [4.78, 5) is 12.7. The van der Waals surface area contributed by atoms with E-state index in [1.54, 1.807) is 17.4 Å². The fraction of sp³-hybridized carbons (Fsp3) is 0.300. The lowest BCUT2D eigenvalue weighted by Crippen LogP contribution is -2.37. The molecule has 3 heterocycles. The molecule has 0 saturated carbocycles. The van der Waals surface area contributed by atoms with Crippen molar-refractivity contribution in [3.05, 3.63) is 70.1 Å². The van der Waals surface area contributed by atoms with Gasteiger partial charge < -0.3 is 4.74 Å². The maximum Gasteiger partial charge on any atom is 0.123 e. The Kier molecular flexibility index (Phi) is 5.06. The Balaban J connectivity index is 1.50. The zero-order valence-corrected chi connectivity index (χ0v) is 15.4. The van der Waals surface area contributed by atoms with Gasteiger partial charge in [-0.25, -0.2) is 9.37 Å². The number of hydrogen-bond donors (Lipinski definition) is 0. The van der Waals surface area contributed by atoms with Crippen LogP contribution in [0.2, 0.25) is 0 Å². The summed E-state index contributed by atoms with van der Waals surface area (Å²) in [7, 11) is 0. The van der Waals surface area contributed by atoms with Crippen LogP contribution in [0.25, 0.3) is 11.3 Å². The number of aryl methyl sites for hydroxylation is 1. The van der Waals surface area contributed by atoms with Gasteiger partial charge >= 0.3 is 0 Å². The van der Waals surface area contributed by atoms with Crippen molar-refractivity contribution in [2.45, 2.75) is 19.6 Å². The van der Waals surface area contributed by atoms with Gasteiger partial charge in [-0.15, -0.1) is 11.3 Å². The van der Waals surface area contributed by atoms with Crippen LogP contribution in [0.1, 0.15) is 21.7 Å². The van der Waals surface area contributed by atoms with E-state index in [-0.39, 0.29) is 11.9 Å². The molecule has 1 unspecified atom stereocenters. The maximum absolute atomic E-state index is 13.5. The number of nitrogens with zero attached hydrogens (tertiary/aromatic N) is 3. The standard InChI is InChI=1S/C20H20FN3OS/c1-14-22-11-17(26-14)12-24-8-9-25-20(13-24)19-7-3-6-18(23-19)15-4-2-5-16(21)10-15/h2-7,10-11,20H,8-9,12-13H2,1H3. The molecule has 1 aliphatic rings. The fourth-order valence-electron chi connectivity index (χ4n) is 3.16. The van der Waals surface area contributed by atoms with E-state index in [0.717, 1.165) is 41.6 Å². The highest BCUT2D eigenvalue weighted by molar-refractivity contribution is 7.11. The summed E-state index contributed by atoms with van der Waals surface area (Å²) in [6, 6.07) is 12.4. The minimum Gasteiger partial charge on any atom is -0.369 e. The molecule has 1 fully saturated rings. The first-order valence-corrected chi connectivity index (χ1v) is 9.47. The average Bonchev–Trinajstić information content (AvgIpc) is 3.07. The first kappa shape index (κ1) is 17.3. The summed E-state index contributed by atoms with van der Waals surface area (Å²) in [5, 5.41) is 1.09. The summed E-state index contributed by atoms with van der Waals surface area (Å²) in [5.74, 6) is -0.255. The first-order valence-electron chi connectivity index (χ1n) is 8.65. The van der Waals surface area contributed by atoms with Crippen molar-refractivity contribution in [2.24, 2.45) is 0 Å². The van der Waals surface area contributed by atoms with Gasteiger partial charge in [0.1, 0.15) is 11.9 Å². The molecular weight excluding hydrogens is 349 g/mol. The van der Waals surface area contributed by atoms with Crippen LogP contribution in [0.15, 0.2) is 48.7 Å². The van der Waals surface area contributed by atoms with E-state index in [2.05, 4.69) is 9.88 Å². The van der Waals surface area contributed by atoms with Crippen molar-refractivity contribution in [2.75, 3.05) is 19.7 Å². The Morgan fingerprint density at radius 2 is 2.15 bits per heavy atom. The van der Waals surface area contributed by atoms with Crippen LogP contribution in [-0.4, -0.2) is 34.6 Å². The highest BCUT2D eigenvalue weighted by atomic mass is 32.1. The van der Waals surface area contributed by atoms with Gasteiger partial charge in [-0.1, -0.05) is 18.2 Å². The van der Waals surface area contributed by atoms with Crippen LogP contribution in [-0.2, 0) is 11.3 Å². The van der Waals surface area contributed by atoms with E-state index in [9.17, 15) is 4.39 Å². The molecule has 0 amide bonds. The molecule has 0 N–H and O–H groups in total. The molecule has 1 atom stereocenters. The number of morpholine rings is 1. The van der Waals surface area contributed by atoms with Crippen LogP contribution < -0.4 is 0 Å². The highest BCUT2D eigenvalue weighted by Crippen LogP contribution is 2.26.